The van der Waals surface area contributed by atoms with E-state index in [-0.39, 0.29) is 0 Å². The smallest absolute Gasteiger partial charge is 0.124 e. The van der Waals surface area contributed by atoms with Gasteiger partial charge in [0.25, 0.3) is 0 Å². The van der Waals surface area contributed by atoms with Gasteiger partial charge in [0, 0.05) is 0 Å². The van der Waals surface area contributed by atoms with E-state index in [1.807, 2.05) is 0 Å². The van der Waals surface area contributed by atoms with Crippen LogP contribution in [0.3, 0.4) is 0 Å². The zero-order valence-corrected chi connectivity index (χ0v) is 8.84. The monoisotopic (exact) mass is 191 g/mol. The minimum Gasteiger partial charge on any atom is -0.496 e. The molecule has 0 radical (unpaired) electrons. The molecule has 1 saturated heterocycles. The number of nitrogens with one attached hydrogen (secondary N) is 1. The summed E-state index contributed by atoms with van der Waals surface area (Å²) in [7, 11) is 1.75. The molecule has 1 fully saturated rings. The average Bonchev–Trinajstić information content (AvgIpc) is 2.11. The maximum absolute atomic E-state index is 5.43. The summed E-state index contributed by atoms with van der Waals surface area (Å²) >= 11 is 0. The second kappa shape index (κ2) is 4.01. The van der Waals surface area contributed by atoms with Crippen LogP contribution < -0.4 is 10.1 Å². The van der Waals surface area contributed by atoms with Crippen molar-refractivity contribution in [2.24, 2.45) is 5.92 Å². The summed E-state index contributed by atoms with van der Waals surface area (Å²) in [5, 5.41) is 3.29. The Morgan fingerprint density at radius 3 is 2.79 bits per heavy atom. The van der Waals surface area contributed by atoms with Crippen LogP contribution in [0, 0.1) is 12.8 Å². The van der Waals surface area contributed by atoms with Crippen molar-refractivity contribution in [2.75, 3.05) is 20.2 Å². The van der Waals surface area contributed by atoms with Crippen molar-refractivity contribution in [3.63, 3.8) is 0 Å². The lowest BCUT2D eigenvalue weighted by Crippen LogP contribution is -2.43. The molecule has 1 N–H and O–H groups in total. The molecule has 2 rings (SSSR count). The van der Waals surface area contributed by atoms with Crippen LogP contribution in [-0.4, -0.2) is 20.2 Å². The lowest BCUT2D eigenvalue weighted by Gasteiger charge is -2.27. The molecule has 2 heteroatoms. The number of hydrogen-bond acceptors (Lipinski definition) is 2. The molecule has 0 bridgehead atoms. The highest BCUT2D eigenvalue weighted by Gasteiger charge is 2.19. The molecule has 1 aliphatic rings. The molecule has 14 heavy (non-hydrogen) atoms. The van der Waals surface area contributed by atoms with Crippen LogP contribution in [0.2, 0.25) is 0 Å². The number of hydrogen-bond donors (Lipinski definition) is 1. The van der Waals surface area contributed by atoms with Gasteiger partial charge in [-0.1, -0.05) is 18.2 Å². The number of methoxy groups -OCH3 is 1. The quantitative estimate of drug-likeness (QED) is 0.786. The van der Waals surface area contributed by atoms with Gasteiger partial charge in [-0.05, 0) is 43.5 Å². The zero-order valence-electron chi connectivity index (χ0n) is 8.84. The van der Waals surface area contributed by atoms with Gasteiger partial charge in [-0.25, -0.2) is 0 Å². The van der Waals surface area contributed by atoms with Gasteiger partial charge in [-0.15, -0.1) is 0 Å². The van der Waals surface area contributed by atoms with Gasteiger partial charge >= 0.3 is 0 Å². The first kappa shape index (κ1) is 9.53. The van der Waals surface area contributed by atoms with E-state index < -0.39 is 0 Å². The van der Waals surface area contributed by atoms with Crippen LogP contribution in [-0.2, 0) is 6.42 Å². The highest BCUT2D eigenvalue weighted by atomic mass is 16.5. The van der Waals surface area contributed by atoms with Crippen molar-refractivity contribution in [2.45, 2.75) is 13.3 Å². The summed E-state index contributed by atoms with van der Waals surface area (Å²) in [4.78, 5) is 0. The Labute approximate surface area is 85.3 Å². The van der Waals surface area contributed by atoms with Gasteiger partial charge in [0.15, 0.2) is 0 Å². The van der Waals surface area contributed by atoms with E-state index in [9.17, 15) is 0 Å². The summed E-state index contributed by atoms with van der Waals surface area (Å²) in [5.74, 6) is 1.87. The predicted octanol–water partition coefficient (Wildman–Crippen LogP) is 1.77. The molecule has 0 amide bonds. The van der Waals surface area contributed by atoms with E-state index in [1.165, 1.54) is 11.1 Å². The molecule has 0 aliphatic carbocycles. The number of rotatable bonds is 3. The molecular weight excluding hydrogens is 174 g/mol. The van der Waals surface area contributed by atoms with Crippen molar-refractivity contribution in [1.29, 1.82) is 0 Å². The molecule has 1 aromatic carbocycles. The van der Waals surface area contributed by atoms with E-state index >= 15 is 0 Å². The first-order chi connectivity index (χ1) is 6.81. The van der Waals surface area contributed by atoms with Gasteiger partial charge in [-0.3, -0.25) is 0 Å². The Morgan fingerprint density at radius 2 is 2.21 bits per heavy atom. The number of ether oxygens (including phenoxy) is 1. The lowest BCUT2D eigenvalue weighted by molar-refractivity contribution is 0.338. The number of aryl methyl sites for hydroxylation is 1. The molecule has 0 unspecified atom stereocenters. The summed E-state index contributed by atoms with van der Waals surface area (Å²) < 4.78 is 5.43. The highest BCUT2D eigenvalue weighted by molar-refractivity contribution is 5.41. The maximum Gasteiger partial charge on any atom is 0.124 e. The third kappa shape index (κ3) is 1.75. The van der Waals surface area contributed by atoms with Crippen molar-refractivity contribution in [3.8, 4) is 5.75 Å². The normalized spacial score (nSPS) is 16.4. The highest BCUT2D eigenvalue weighted by Crippen LogP contribution is 2.26. The fraction of sp³-hybridized carbons (Fsp3) is 0.500. The topological polar surface area (TPSA) is 21.3 Å². The predicted molar refractivity (Wildman–Crippen MR) is 57.8 cm³/mol. The van der Waals surface area contributed by atoms with Gasteiger partial charge in [0.05, 0.1) is 7.11 Å². The van der Waals surface area contributed by atoms with Crippen LogP contribution in [0.25, 0.3) is 0 Å². The molecule has 0 atom stereocenters. The Hall–Kier alpha value is -1.02. The summed E-state index contributed by atoms with van der Waals surface area (Å²) in [6, 6.07) is 6.38. The second-order valence-corrected chi connectivity index (χ2v) is 4.00. The van der Waals surface area contributed by atoms with Crippen LogP contribution in [0.1, 0.15) is 11.1 Å². The molecular formula is C12H17NO. The van der Waals surface area contributed by atoms with Crippen LogP contribution in [0.4, 0.5) is 0 Å². The molecule has 1 aliphatic heterocycles. The minimum absolute atomic E-state index is 0.797. The van der Waals surface area contributed by atoms with E-state index in [1.54, 1.807) is 7.11 Å². The van der Waals surface area contributed by atoms with Crippen LogP contribution in [0.15, 0.2) is 18.2 Å². The van der Waals surface area contributed by atoms with Gasteiger partial charge in [0.1, 0.15) is 5.75 Å². The van der Waals surface area contributed by atoms with Crippen molar-refractivity contribution >= 4 is 0 Å². The Morgan fingerprint density at radius 1 is 1.43 bits per heavy atom. The fourth-order valence-electron chi connectivity index (χ4n) is 1.97. The second-order valence-electron chi connectivity index (χ2n) is 4.00. The van der Waals surface area contributed by atoms with Gasteiger partial charge in [-0.2, -0.15) is 0 Å². The maximum atomic E-state index is 5.43. The van der Waals surface area contributed by atoms with Gasteiger partial charge in [0.2, 0.25) is 0 Å². The molecule has 76 valence electrons. The fourth-order valence-corrected chi connectivity index (χ4v) is 1.97. The van der Waals surface area contributed by atoms with Crippen molar-refractivity contribution in [3.05, 3.63) is 29.3 Å². The SMILES string of the molecule is COc1c(C)cccc1CC1CNC1. The first-order valence-corrected chi connectivity index (χ1v) is 5.14. The van der Waals surface area contributed by atoms with Crippen LogP contribution in [0.5, 0.6) is 5.75 Å². The average molecular weight is 191 g/mol. The van der Waals surface area contributed by atoms with Crippen molar-refractivity contribution in [1.82, 2.24) is 5.32 Å². The molecule has 1 aromatic rings. The van der Waals surface area contributed by atoms with E-state index in [2.05, 4.69) is 30.4 Å². The van der Waals surface area contributed by atoms with Gasteiger partial charge < -0.3 is 10.1 Å². The zero-order chi connectivity index (χ0) is 9.97. The summed E-state index contributed by atoms with van der Waals surface area (Å²) in [6.45, 7) is 4.40. The first-order valence-electron chi connectivity index (χ1n) is 5.14. The number of benzene rings is 1. The Balaban J connectivity index is 2.17. The molecule has 2 nitrogen and oxygen atoms in total. The molecule has 0 spiro atoms. The Kier molecular flexibility index (Phi) is 2.73. The minimum atomic E-state index is 0.797. The molecule has 0 saturated carbocycles. The van der Waals surface area contributed by atoms with E-state index in [4.69, 9.17) is 4.74 Å². The van der Waals surface area contributed by atoms with E-state index in [0.29, 0.717) is 0 Å². The number of para-hydroxylation sites is 1. The summed E-state index contributed by atoms with van der Waals surface area (Å²) in [6.07, 6.45) is 1.14. The third-order valence-electron chi connectivity index (χ3n) is 2.87. The standard InChI is InChI=1S/C12H17NO/c1-9-4-3-5-11(12(9)14-2)6-10-7-13-8-10/h3-5,10,13H,6-8H2,1-2H3. The van der Waals surface area contributed by atoms with Crippen molar-refractivity contribution < 1.29 is 4.74 Å². The molecule has 1 heterocycles. The Bertz CT molecular complexity index is 318. The van der Waals surface area contributed by atoms with Crippen LogP contribution >= 0.6 is 0 Å². The molecule has 0 aromatic heterocycles. The largest absolute Gasteiger partial charge is 0.496 e. The lowest BCUT2D eigenvalue weighted by atomic mass is 9.93. The third-order valence-corrected chi connectivity index (χ3v) is 2.87. The summed E-state index contributed by atoms with van der Waals surface area (Å²) in [5.41, 5.74) is 2.58. The van der Waals surface area contributed by atoms with E-state index in [0.717, 1.165) is 31.2 Å².